The van der Waals surface area contributed by atoms with Gasteiger partial charge in [0.2, 0.25) is 0 Å². The van der Waals surface area contributed by atoms with E-state index in [1.54, 1.807) is 0 Å². The van der Waals surface area contributed by atoms with Crippen molar-refractivity contribution in [3.63, 3.8) is 0 Å². The summed E-state index contributed by atoms with van der Waals surface area (Å²) in [6, 6.07) is 2.26. The molecule has 1 atom stereocenters. The fraction of sp³-hybridized carbons (Fsp3) is 0.250. The molecule has 5 heteroatoms. The van der Waals surface area contributed by atoms with E-state index in [0.29, 0.717) is 0 Å². The topological polar surface area (TPSA) is 52.0 Å². The van der Waals surface area contributed by atoms with Gasteiger partial charge in [-0.25, -0.2) is 4.39 Å². The summed E-state index contributed by atoms with van der Waals surface area (Å²) in [5.74, 6) is -0.591. The Morgan fingerprint density at radius 3 is 2.38 bits per heavy atom. The summed E-state index contributed by atoms with van der Waals surface area (Å²) >= 11 is 11.3. The largest absolute Gasteiger partial charge is 0.329 e. The highest BCUT2D eigenvalue weighted by Crippen LogP contribution is 2.28. The molecule has 72 valence electrons. The summed E-state index contributed by atoms with van der Waals surface area (Å²) < 4.78 is 13.3. The molecule has 13 heavy (non-hydrogen) atoms. The van der Waals surface area contributed by atoms with Crippen molar-refractivity contribution in [1.82, 2.24) is 0 Å². The van der Waals surface area contributed by atoms with E-state index in [-0.39, 0.29) is 22.2 Å². The number of benzene rings is 1. The van der Waals surface area contributed by atoms with Crippen molar-refractivity contribution in [2.45, 2.75) is 6.04 Å². The van der Waals surface area contributed by atoms with Crippen LogP contribution in [0.25, 0.3) is 0 Å². The maximum atomic E-state index is 13.3. The monoisotopic (exact) mass is 222 g/mol. The van der Waals surface area contributed by atoms with Crippen LogP contribution >= 0.6 is 23.2 Å². The molecular formula is C8H9Cl2FN2. The maximum Gasteiger partial charge on any atom is 0.148 e. The van der Waals surface area contributed by atoms with Crippen LogP contribution in [0, 0.1) is 5.82 Å². The van der Waals surface area contributed by atoms with Crippen molar-refractivity contribution >= 4 is 23.2 Å². The standard InChI is InChI=1S/C8H9Cl2FN2/c9-4-1-2-5(10)8(11)7(4)6(13)3-12/h1-2,6H,3,12-13H2/t6-/m0/s1. The number of hydrogen-bond donors (Lipinski definition) is 2. The molecule has 0 aliphatic heterocycles. The van der Waals surface area contributed by atoms with Crippen LogP contribution < -0.4 is 11.5 Å². The zero-order valence-corrected chi connectivity index (χ0v) is 8.24. The van der Waals surface area contributed by atoms with Crippen molar-refractivity contribution in [1.29, 1.82) is 0 Å². The van der Waals surface area contributed by atoms with E-state index in [4.69, 9.17) is 34.7 Å². The highest BCUT2D eigenvalue weighted by atomic mass is 35.5. The van der Waals surface area contributed by atoms with Gasteiger partial charge in [0.25, 0.3) is 0 Å². The molecule has 1 aromatic rings. The lowest BCUT2D eigenvalue weighted by atomic mass is 10.1. The van der Waals surface area contributed by atoms with Crippen molar-refractivity contribution in [3.8, 4) is 0 Å². The average Bonchev–Trinajstić information content (AvgIpc) is 2.12. The van der Waals surface area contributed by atoms with Crippen LogP contribution in [0.4, 0.5) is 4.39 Å². The van der Waals surface area contributed by atoms with Crippen LogP contribution in [-0.4, -0.2) is 6.54 Å². The summed E-state index contributed by atoms with van der Waals surface area (Å²) in [6.45, 7) is 0.122. The highest BCUT2D eigenvalue weighted by Gasteiger charge is 2.16. The van der Waals surface area contributed by atoms with Gasteiger partial charge < -0.3 is 11.5 Å². The van der Waals surface area contributed by atoms with Gasteiger partial charge in [0, 0.05) is 23.2 Å². The van der Waals surface area contributed by atoms with E-state index in [1.807, 2.05) is 0 Å². The zero-order valence-electron chi connectivity index (χ0n) is 6.73. The number of hydrogen-bond acceptors (Lipinski definition) is 2. The summed E-state index contributed by atoms with van der Waals surface area (Å²) in [5.41, 5.74) is 11.0. The Kier molecular flexibility index (Phi) is 3.50. The Morgan fingerprint density at radius 1 is 1.31 bits per heavy atom. The fourth-order valence-electron chi connectivity index (χ4n) is 1.00. The van der Waals surface area contributed by atoms with E-state index >= 15 is 0 Å². The van der Waals surface area contributed by atoms with Gasteiger partial charge in [0.1, 0.15) is 5.82 Å². The fourth-order valence-corrected chi connectivity index (χ4v) is 1.45. The lowest BCUT2D eigenvalue weighted by Crippen LogP contribution is -2.22. The smallest absolute Gasteiger partial charge is 0.148 e. The summed E-state index contributed by atoms with van der Waals surface area (Å²) in [4.78, 5) is 0. The maximum absolute atomic E-state index is 13.3. The van der Waals surface area contributed by atoms with Gasteiger partial charge in [-0.15, -0.1) is 0 Å². The minimum absolute atomic E-state index is 0.00306. The second-order valence-corrected chi connectivity index (χ2v) is 3.41. The summed E-state index contributed by atoms with van der Waals surface area (Å²) in [5, 5.41) is 0.253. The first-order chi connectivity index (χ1) is 6.07. The molecule has 4 N–H and O–H groups in total. The Bertz CT molecular complexity index is 317. The van der Waals surface area contributed by atoms with Crippen LogP contribution in [0.2, 0.25) is 10.0 Å². The Hall–Kier alpha value is -0.350. The molecule has 0 saturated heterocycles. The van der Waals surface area contributed by atoms with Gasteiger partial charge in [-0.3, -0.25) is 0 Å². The van der Waals surface area contributed by atoms with Crippen LogP contribution in [0.15, 0.2) is 12.1 Å². The van der Waals surface area contributed by atoms with Crippen molar-refractivity contribution in [2.75, 3.05) is 6.54 Å². The van der Waals surface area contributed by atoms with Crippen LogP contribution in [0.1, 0.15) is 11.6 Å². The third kappa shape index (κ3) is 2.11. The molecule has 0 aromatic heterocycles. The van der Waals surface area contributed by atoms with E-state index in [9.17, 15) is 4.39 Å². The van der Waals surface area contributed by atoms with Crippen molar-refractivity contribution < 1.29 is 4.39 Å². The average molecular weight is 223 g/mol. The van der Waals surface area contributed by atoms with Gasteiger partial charge in [0.05, 0.1) is 5.02 Å². The van der Waals surface area contributed by atoms with Gasteiger partial charge >= 0.3 is 0 Å². The van der Waals surface area contributed by atoms with Crippen LogP contribution in [0.3, 0.4) is 0 Å². The molecule has 2 nitrogen and oxygen atoms in total. The quantitative estimate of drug-likeness (QED) is 0.754. The highest BCUT2D eigenvalue weighted by molar-refractivity contribution is 6.33. The third-order valence-corrected chi connectivity index (χ3v) is 2.33. The van der Waals surface area contributed by atoms with Crippen LogP contribution in [-0.2, 0) is 0 Å². The molecule has 0 aliphatic carbocycles. The van der Waals surface area contributed by atoms with Crippen molar-refractivity contribution in [2.24, 2.45) is 11.5 Å². The normalized spacial score (nSPS) is 13.0. The molecule has 1 rings (SSSR count). The lowest BCUT2D eigenvalue weighted by molar-refractivity contribution is 0.585. The minimum atomic E-state index is -0.619. The summed E-state index contributed by atoms with van der Waals surface area (Å²) in [7, 11) is 0. The molecule has 0 amide bonds. The van der Waals surface area contributed by atoms with E-state index in [0.717, 1.165) is 0 Å². The predicted octanol–water partition coefficient (Wildman–Crippen LogP) is 2.09. The number of halogens is 3. The van der Waals surface area contributed by atoms with Gasteiger partial charge in [-0.05, 0) is 12.1 Å². The molecule has 0 bridgehead atoms. The molecule has 1 aromatic carbocycles. The molecule has 0 fully saturated rings. The molecule has 0 aliphatic rings. The molecule has 0 saturated carbocycles. The van der Waals surface area contributed by atoms with Crippen LogP contribution in [0.5, 0.6) is 0 Å². The molecular weight excluding hydrogens is 214 g/mol. The third-order valence-electron chi connectivity index (χ3n) is 1.70. The first-order valence-corrected chi connectivity index (χ1v) is 4.42. The SMILES string of the molecule is NC[C@H](N)c1c(Cl)ccc(Cl)c1F. The van der Waals surface area contributed by atoms with Gasteiger partial charge in [-0.2, -0.15) is 0 Å². The Balaban J connectivity index is 3.25. The molecule has 0 spiro atoms. The summed E-state index contributed by atoms with van der Waals surface area (Å²) in [6.07, 6.45) is 0. The lowest BCUT2D eigenvalue weighted by Gasteiger charge is -2.12. The first kappa shape index (κ1) is 10.7. The van der Waals surface area contributed by atoms with Crippen molar-refractivity contribution in [3.05, 3.63) is 33.6 Å². The Morgan fingerprint density at radius 2 is 1.85 bits per heavy atom. The van der Waals surface area contributed by atoms with Gasteiger partial charge in [-0.1, -0.05) is 23.2 Å². The number of nitrogens with two attached hydrogens (primary N) is 2. The predicted molar refractivity (Wildman–Crippen MR) is 52.4 cm³/mol. The second-order valence-electron chi connectivity index (χ2n) is 2.60. The molecule has 0 unspecified atom stereocenters. The van der Waals surface area contributed by atoms with Gasteiger partial charge in [0.15, 0.2) is 0 Å². The molecule has 0 radical (unpaired) electrons. The second kappa shape index (κ2) is 4.24. The van der Waals surface area contributed by atoms with E-state index < -0.39 is 11.9 Å². The molecule has 0 heterocycles. The number of rotatable bonds is 2. The first-order valence-electron chi connectivity index (χ1n) is 3.67. The zero-order chi connectivity index (χ0) is 10.0. The Labute approximate surface area is 85.6 Å². The van der Waals surface area contributed by atoms with E-state index in [2.05, 4.69) is 0 Å². The minimum Gasteiger partial charge on any atom is -0.329 e. The van der Waals surface area contributed by atoms with E-state index in [1.165, 1.54) is 12.1 Å².